The molecule has 0 spiro atoms. The Morgan fingerprint density at radius 2 is 1.48 bits per heavy atom. The van der Waals surface area contributed by atoms with Crippen LogP contribution in [0.25, 0.3) is 0 Å². The maximum absolute atomic E-state index is 10.5. The Hall–Kier alpha value is -2.56. The first-order valence-corrected chi connectivity index (χ1v) is 6.94. The third-order valence-corrected chi connectivity index (χ3v) is 3.10. The number of hydrogen-bond acceptors (Lipinski definition) is 4. The molecular weight excluding hydrogens is 266 g/mol. The zero-order valence-corrected chi connectivity index (χ0v) is 11.9. The van der Waals surface area contributed by atoms with E-state index >= 15 is 0 Å². The number of nitro benzene ring substituents is 1. The Balaban J connectivity index is 2.01. The molecule has 0 bridgehead atoms. The molecule has 0 aliphatic rings. The van der Waals surface area contributed by atoms with Crippen LogP contribution in [0, 0.1) is 10.1 Å². The molecule has 0 radical (unpaired) electrons. The summed E-state index contributed by atoms with van der Waals surface area (Å²) in [5, 5.41) is 18.7. The van der Waals surface area contributed by atoms with E-state index in [1.54, 1.807) is 12.1 Å². The molecule has 0 atom stereocenters. The van der Waals surface area contributed by atoms with Crippen molar-refractivity contribution in [2.75, 3.05) is 0 Å². The molecule has 0 fully saturated rings. The molecule has 2 aromatic rings. The number of hydrogen-bond donors (Lipinski definition) is 0. The maximum Gasteiger partial charge on any atom is 0.269 e. The zero-order chi connectivity index (χ0) is 15.1. The lowest BCUT2D eigenvalue weighted by Crippen LogP contribution is -1.85. The van der Waals surface area contributed by atoms with Crippen molar-refractivity contribution < 1.29 is 4.92 Å². The van der Waals surface area contributed by atoms with Crippen molar-refractivity contribution in [2.45, 2.75) is 26.2 Å². The summed E-state index contributed by atoms with van der Waals surface area (Å²) in [5.74, 6) is 0. The Bertz CT molecular complexity index is 619. The lowest BCUT2D eigenvalue weighted by molar-refractivity contribution is -0.384. The molecule has 0 amide bonds. The van der Waals surface area contributed by atoms with E-state index in [0.717, 1.165) is 12.1 Å². The van der Waals surface area contributed by atoms with Gasteiger partial charge < -0.3 is 0 Å². The average Bonchev–Trinajstić information content (AvgIpc) is 2.52. The van der Waals surface area contributed by atoms with Gasteiger partial charge in [-0.25, -0.2) is 0 Å². The number of rotatable bonds is 6. The molecule has 5 heteroatoms. The zero-order valence-electron chi connectivity index (χ0n) is 11.9. The average molecular weight is 283 g/mol. The molecule has 0 unspecified atom stereocenters. The minimum Gasteiger partial charge on any atom is -0.258 e. The van der Waals surface area contributed by atoms with Gasteiger partial charge in [-0.05, 0) is 42.7 Å². The Morgan fingerprint density at radius 1 is 0.952 bits per heavy atom. The van der Waals surface area contributed by atoms with Crippen molar-refractivity contribution in [3.05, 3.63) is 64.2 Å². The van der Waals surface area contributed by atoms with E-state index in [4.69, 9.17) is 0 Å². The number of benzene rings is 2. The van der Waals surface area contributed by atoms with Gasteiger partial charge in [0, 0.05) is 12.1 Å². The van der Waals surface area contributed by atoms with Gasteiger partial charge in [-0.15, -0.1) is 0 Å². The van der Waals surface area contributed by atoms with Crippen LogP contribution in [-0.2, 0) is 6.42 Å². The van der Waals surface area contributed by atoms with Gasteiger partial charge in [0.1, 0.15) is 0 Å². The summed E-state index contributed by atoms with van der Waals surface area (Å²) in [6.07, 6.45) is 3.45. The van der Waals surface area contributed by atoms with Crippen molar-refractivity contribution in [3.8, 4) is 0 Å². The largest absolute Gasteiger partial charge is 0.269 e. The minimum absolute atomic E-state index is 0.0502. The van der Waals surface area contributed by atoms with Crippen LogP contribution in [-0.4, -0.2) is 4.92 Å². The topological polar surface area (TPSA) is 67.9 Å². The van der Waals surface area contributed by atoms with Gasteiger partial charge in [0.2, 0.25) is 0 Å². The van der Waals surface area contributed by atoms with E-state index in [-0.39, 0.29) is 5.69 Å². The first-order chi connectivity index (χ1) is 10.2. The number of unbranched alkanes of at least 4 members (excludes halogenated alkanes) is 1. The van der Waals surface area contributed by atoms with Crippen molar-refractivity contribution >= 4 is 17.1 Å². The maximum atomic E-state index is 10.5. The molecule has 2 aromatic carbocycles. The van der Waals surface area contributed by atoms with Crippen molar-refractivity contribution in [1.29, 1.82) is 0 Å². The number of aryl methyl sites for hydroxylation is 1. The molecular formula is C16H17N3O2. The third kappa shape index (κ3) is 4.49. The molecule has 0 saturated heterocycles. The van der Waals surface area contributed by atoms with Crippen LogP contribution < -0.4 is 0 Å². The second-order valence-corrected chi connectivity index (χ2v) is 4.74. The predicted octanol–water partition coefficient (Wildman–Crippen LogP) is 5.35. The van der Waals surface area contributed by atoms with Gasteiger partial charge in [-0.2, -0.15) is 10.2 Å². The lowest BCUT2D eigenvalue weighted by atomic mass is 10.1. The minimum atomic E-state index is -0.435. The van der Waals surface area contributed by atoms with Crippen molar-refractivity contribution in [3.63, 3.8) is 0 Å². The van der Waals surface area contributed by atoms with Crippen LogP contribution in [0.5, 0.6) is 0 Å². The van der Waals surface area contributed by atoms with Crippen LogP contribution in [0.1, 0.15) is 25.3 Å². The van der Waals surface area contributed by atoms with Crippen LogP contribution in [0.4, 0.5) is 17.1 Å². The van der Waals surface area contributed by atoms with Gasteiger partial charge in [-0.1, -0.05) is 25.5 Å². The Labute approximate surface area is 123 Å². The molecule has 108 valence electrons. The predicted molar refractivity (Wildman–Crippen MR) is 82.3 cm³/mol. The fourth-order valence-corrected chi connectivity index (χ4v) is 1.87. The number of nitro groups is 1. The van der Waals surface area contributed by atoms with E-state index in [1.807, 2.05) is 12.1 Å². The molecule has 0 heterocycles. The first-order valence-electron chi connectivity index (χ1n) is 6.94. The van der Waals surface area contributed by atoms with Crippen LogP contribution >= 0.6 is 0 Å². The summed E-state index contributed by atoms with van der Waals surface area (Å²) in [4.78, 5) is 10.1. The summed E-state index contributed by atoms with van der Waals surface area (Å²) in [6, 6.07) is 14.0. The molecule has 0 aliphatic heterocycles. The van der Waals surface area contributed by atoms with E-state index in [1.165, 1.54) is 30.5 Å². The summed E-state index contributed by atoms with van der Waals surface area (Å²) < 4.78 is 0. The van der Waals surface area contributed by atoms with Gasteiger partial charge in [0.15, 0.2) is 0 Å². The van der Waals surface area contributed by atoms with Gasteiger partial charge in [-0.3, -0.25) is 10.1 Å². The van der Waals surface area contributed by atoms with Gasteiger partial charge in [0.05, 0.1) is 16.3 Å². The van der Waals surface area contributed by atoms with Crippen LogP contribution in [0.2, 0.25) is 0 Å². The molecule has 0 aromatic heterocycles. The second-order valence-electron chi connectivity index (χ2n) is 4.74. The van der Waals surface area contributed by atoms with Gasteiger partial charge in [0.25, 0.3) is 5.69 Å². The van der Waals surface area contributed by atoms with Crippen molar-refractivity contribution in [1.82, 2.24) is 0 Å². The van der Waals surface area contributed by atoms with E-state index in [0.29, 0.717) is 5.69 Å². The number of nitrogens with zero attached hydrogens (tertiary/aromatic N) is 3. The highest BCUT2D eigenvalue weighted by Crippen LogP contribution is 2.21. The second kappa shape index (κ2) is 7.28. The normalized spacial score (nSPS) is 10.9. The Kier molecular flexibility index (Phi) is 5.15. The highest BCUT2D eigenvalue weighted by Gasteiger charge is 2.03. The molecule has 0 saturated carbocycles. The first kappa shape index (κ1) is 14.8. The molecule has 0 aliphatic carbocycles. The smallest absolute Gasteiger partial charge is 0.258 e. The van der Waals surface area contributed by atoms with Gasteiger partial charge >= 0.3 is 0 Å². The summed E-state index contributed by atoms with van der Waals surface area (Å²) in [6.45, 7) is 2.17. The van der Waals surface area contributed by atoms with Crippen LogP contribution in [0.3, 0.4) is 0 Å². The van der Waals surface area contributed by atoms with E-state index in [2.05, 4.69) is 29.3 Å². The molecule has 0 N–H and O–H groups in total. The summed E-state index contributed by atoms with van der Waals surface area (Å²) >= 11 is 0. The lowest BCUT2D eigenvalue weighted by Gasteiger charge is -1.99. The monoisotopic (exact) mass is 283 g/mol. The van der Waals surface area contributed by atoms with E-state index in [9.17, 15) is 10.1 Å². The highest BCUT2D eigenvalue weighted by molar-refractivity contribution is 5.45. The van der Waals surface area contributed by atoms with Crippen molar-refractivity contribution in [2.24, 2.45) is 10.2 Å². The number of non-ortho nitro benzene ring substituents is 1. The fraction of sp³-hybridized carbons (Fsp3) is 0.250. The molecule has 5 nitrogen and oxygen atoms in total. The van der Waals surface area contributed by atoms with E-state index < -0.39 is 4.92 Å². The SMILES string of the molecule is CCCCc1ccc(/N=N/c2ccc([N+](=O)[O-])cc2)cc1. The standard InChI is InChI=1S/C16H17N3O2/c1-2-3-4-13-5-7-14(8-6-13)17-18-15-9-11-16(12-10-15)19(20)21/h5-12H,2-4H2,1H3/b18-17+. The summed E-state index contributed by atoms with van der Waals surface area (Å²) in [5.41, 5.74) is 2.71. The molecule has 21 heavy (non-hydrogen) atoms. The Morgan fingerprint density at radius 3 is 1.95 bits per heavy atom. The quantitative estimate of drug-likeness (QED) is 0.407. The highest BCUT2D eigenvalue weighted by atomic mass is 16.6. The fourth-order valence-electron chi connectivity index (χ4n) is 1.87. The van der Waals surface area contributed by atoms with Crippen LogP contribution in [0.15, 0.2) is 58.8 Å². The summed E-state index contributed by atoms with van der Waals surface area (Å²) in [7, 11) is 0. The third-order valence-electron chi connectivity index (χ3n) is 3.10. The molecule has 2 rings (SSSR count). The number of azo groups is 1.